The first-order chi connectivity index (χ1) is 8.58. The molecule has 2 rings (SSSR count). The maximum atomic E-state index is 11.6. The molecule has 0 aliphatic rings. The van der Waals surface area contributed by atoms with E-state index in [1.807, 2.05) is 16.8 Å². The van der Waals surface area contributed by atoms with Gasteiger partial charge in [-0.2, -0.15) is 0 Å². The summed E-state index contributed by atoms with van der Waals surface area (Å²) in [7, 11) is 0. The quantitative estimate of drug-likeness (QED) is 0.654. The Balaban J connectivity index is 2.16. The number of rotatable bonds is 3. The lowest BCUT2D eigenvalue weighted by Gasteiger charge is -2.09. The van der Waals surface area contributed by atoms with Crippen LogP contribution >= 0.6 is 23.1 Å². The lowest BCUT2D eigenvalue weighted by atomic mass is 10.4. The number of amides is 3. The summed E-state index contributed by atoms with van der Waals surface area (Å²) < 4.78 is 0. The molecule has 0 spiro atoms. The van der Waals surface area contributed by atoms with Crippen LogP contribution in [0.2, 0.25) is 0 Å². The van der Waals surface area contributed by atoms with Crippen molar-refractivity contribution in [3.63, 3.8) is 0 Å². The normalized spacial score (nSPS) is 12.3. The van der Waals surface area contributed by atoms with Crippen molar-refractivity contribution in [3.05, 3.63) is 17.8 Å². The van der Waals surface area contributed by atoms with Crippen molar-refractivity contribution in [1.82, 2.24) is 15.3 Å². The second-order valence-corrected chi connectivity index (χ2v) is 5.66. The smallest absolute Gasteiger partial charge is 0.318 e. The summed E-state index contributed by atoms with van der Waals surface area (Å²) in [4.78, 5) is 31.3. The summed E-state index contributed by atoms with van der Waals surface area (Å²) in [5.41, 5.74) is 4.89. The van der Waals surface area contributed by atoms with Crippen molar-refractivity contribution >= 4 is 45.3 Å². The zero-order chi connectivity index (χ0) is 13.1. The van der Waals surface area contributed by atoms with Gasteiger partial charge in [-0.3, -0.25) is 10.1 Å². The number of carbonyl (C=O) groups excluding carboxylic acids is 2. The Bertz CT molecular complexity index is 598. The van der Waals surface area contributed by atoms with Crippen molar-refractivity contribution in [1.29, 1.82) is 0 Å². The molecule has 1 atom stereocenters. The lowest BCUT2D eigenvalue weighted by molar-refractivity contribution is -0.119. The number of thiophene rings is 1. The van der Waals surface area contributed by atoms with Crippen LogP contribution in [0.5, 0.6) is 0 Å². The Hall–Kier alpha value is -1.67. The zero-order valence-electron chi connectivity index (χ0n) is 9.41. The van der Waals surface area contributed by atoms with Gasteiger partial charge < -0.3 is 5.73 Å². The third-order valence-corrected chi connectivity index (χ3v) is 4.07. The molecule has 0 bridgehead atoms. The summed E-state index contributed by atoms with van der Waals surface area (Å²) in [5, 5.41) is 5.12. The van der Waals surface area contributed by atoms with E-state index in [1.54, 1.807) is 6.92 Å². The van der Waals surface area contributed by atoms with Crippen molar-refractivity contribution in [2.75, 3.05) is 0 Å². The van der Waals surface area contributed by atoms with E-state index in [9.17, 15) is 9.59 Å². The van der Waals surface area contributed by atoms with Gasteiger partial charge in [-0.1, -0.05) is 11.8 Å². The summed E-state index contributed by atoms with van der Waals surface area (Å²) in [5.74, 6) is -0.436. The van der Waals surface area contributed by atoms with Gasteiger partial charge in [0.25, 0.3) is 0 Å². The minimum atomic E-state index is -0.851. The first-order valence-electron chi connectivity index (χ1n) is 5.03. The molecule has 0 saturated heterocycles. The number of fused-ring (bicyclic) bond motifs is 1. The molecule has 94 valence electrons. The third kappa shape index (κ3) is 2.77. The highest BCUT2D eigenvalue weighted by atomic mass is 32.2. The Morgan fingerprint density at radius 2 is 2.28 bits per heavy atom. The molecule has 8 heteroatoms. The van der Waals surface area contributed by atoms with Gasteiger partial charge in [0, 0.05) is 5.39 Å². The van der Waals surface area contributed by atoms with Crippen LogP contribution in [0.4, 0.5) is 4.79 Å². The first kappa shape index (κ1) is 12.8. The van der Waals surface area contributed by atoms with Crippen LogP contribution in [0.15, 0.2) is 22.8 Å². The van der Waals surface area contributed by atoms with E-state index in [-0.39, 0.29) is 0 Å². The topological polar surface area (TPSA) is 98.0 Å². The molecular formula is C10H10N4O2S2. The molecule has 6 nitrogen and oxygen atoms in total. The number of imide groups is 1. The van der Waals surface area contributed by atoms with Gasteiger partial charge in [-0.15, -0.1) is 11.3 Å². The number of thioether (sulfide) groups is 1. The first-order valence-corrected chi connectivity index (χ1v) is 6.79. The van der Waals surface area contributed by atoms with Gasteiger partial charge >= 0.3 is 6.03 Å². The maximum absolute atomic E-state index is 11.6. The van der Waals surface area contributed by atoms with Crippen molar-refractivity contribution in [3.8, 4) is 0 Å². The van der Waals surface area contributed by atoms with E-state index >= 15 is 0 Å². The lowest BCUT2D eigenvalue weighted by Crippen LogP contribution is -2.39. The molecule has 3 amide bonds. The van der Waals surface area contributed by atoms with E-state index in [1.165, 1.54) is 29.4 Å². The van der Waals surface area contributed by atoms with E-state index in [4.69, 9.17) is 5.73 Å². The predicted octanol–water partition coefficient (Wildman–Crippen LogP) is 1.37. The number of nitrogens with one attached hydrogen (secondary N) is 1. The second-order valence-electron chi connectivity index (χ2n) is 3.43. The molecule has 3 N–H and O–H groups in total. The van der Waals surface area contributed by atoms with Crippen LogP contribution in [-0.4, -0.2) is 27.2 Å². The Morgan fingerprint density at radius 3 is 3.00 bits per heavy atom. The molecule has 0 aliphatic carbocycles. The maximum Gasteiger partial charge on any atom is 0.318 e. The van der Waals surface area contributed by atoms with E-state index in [2.05, 4.69) is 9.97 Å². The number of hydrogen-bond acceptors (Lipinski definition) is 6. The van der Waals surface area contributed by atoms with Crippen molar-refractivity contribution in [2.24, 2.45) is 5.73 Å². The fourth-order valence-corrected chi connectivity index (χ4v) is 3.00. The van der Waals surface area contributed by atoms with Crippen LogP contribution in [0, 0.1) is 0 Å². The van der Waals surface area contributed by atoms with Gasteiger partial charge in [-0.25, -0.2) is 14.8 Å². The third-order valence-electron chi connectivity index (χ3n) is 2.13. The van der Waals surface area contributed by atoms with Crippen LogP contribution in [-0.2, 0) is 4.79 Å². The second kappa shape index (κ2) is 5.32. The minimum absolute atomic E-state index is 0.436. The monoisotopic (exact) mass is 282 g/mol. The molecule has 0 fully saturated rings. The van der Waals surface area contributed by atoms with E-state index in [0.29, 0.717) is 5.03 Å². The summed E-state index contributed by atoms with van der Waals surface area (Å²) in [6.45, 7) is 1.68. The highest BCUT2D eigenvalue weighted by Gasteiger charge is 2.18. The Labute approximate surface area is 111 Å². The number of hydrogen-bond donors (Lipinski definition) is 2. The molecule has 0 radical (unpaired) electrons. The van der Waals surface area contributed by atoms with Crippen LogP contribution in [0.25, 0.3) is 10.2 Å². The Kier molecular flexibility index (Phi) is 3.78. The summed E-state index contributed by atoms with van der Waals surface area (Å²) >= 11 is 2.77. The molecule has 2 aromatic rings. The summed E-state index contributed by atoms with van der Waals surface area (Å²) in [6, 6.07) is 1.05. The van der Waals surface area contributed by atoms with Crippen LogP contribution in [0.1, 0.15) is 6.92 Å². The van der Waals surface area contributed by atoms with Crippen molar-refractivity contribution in [2.45, 2.75) is 17.2 Å². The molecule has 0 saturated carbocycles. The van der Waals surface area contributed by atoms with Gasteiger partial charge in [0.1, 0.15) is 16.2 Å². The number of aromatic nitrogens is 2. The summed E-state index contributed by atoms with van der Waals surface area (Å²) in [6.07, 6.45) is 1.46. The van der Waals surface area contributed by atoms with Gasteiger partial charge in [-0.05, 0) is 18.4 Å². The predicted molar refractivity (Wildman–Crippen MR) is 70.5 cm³/mol. The highest BCUT2D eigenvalue weighted by Crippen LogP contribution is 2.30. The molecular weight excluding hydrogens is 272 g/mol. The zero-order valence-corrected chi connectivity index (χ0v) is 11.0. The minimum Gasteiger partial charge on any atom is -0.351 e. The largest absolute Gasteiger partial charge is 0.351 e. The molecule has 1 unspecified atom stereocenters. The highest BCUT2D eigenvalue weighted by molar-refractivity contribution is 8.00. The number of primary amides is 1. The fourth-order valence-electron chi connectivity index (χ4n) is 1.31. The average molecular weight is 282 g/mol. The van der Waals surface area contributed by atoms with Gasteiger partial charge in [0.2, 0.25) is 5.91 Å². The fraction of sp³-hybridized carbons (Fsp3) is 0.200. The average Bonchev–Trinajstić information content (AvgIpc) is 2.77. The molecule has 18 heavy (non-hydrogen) atoms. The molecule has 2 aromatic heterocycles. The standard InChI is InChI=1S/C10H10N4O2S2/c1-5(7(15)14-10(11)16)18-9-6-2-3-17-8(6)12-4-13-9/h2-5H,1H3,(H3,11,14,15,16). The number of carbonyl (C=O) groups is 2. The van der Waals surface area contributed by atoms with Crippen LogP contribution < -0.4 is 11.1 Å². The Morgan fingerprint density at radius 1 is 1.50 bits per heavy atom. The number of nitrogens with zero attached hydrogens (tertiary/aromatic N) is 2. The van der Waals surface area contributed by atoms with E-state index < -0.39 is 17.2 Å². The van der Waals surface area contributed by atoms with Crippen molar-refractivity contribution < 1.29 is 9.59 Å². The van der Waals surface area contributed by atoms with E-state index in [0.717, 1.165) is 10.2 Å². The molecule has 0 aliphatic heterocycles. The molecule has 2 heterocycles. The van der Waals surface area contributed by atoms with Gasteiger partial charge in [0.05, 0.1) is 5.25 Å². The van der Waals surface area contributed by atoms with Crippen LogP contribution in [0.3, 0.4) is 0 Å². The number of nitrogens with two attached hydrogens (primary N) is 1. The number of urea groups is 1. The van der Waals surface area contributed by atoms with Gasteiger partial charge in [0.15, 0.2) is 0 Å². The molecule has 0 aromatic carbocycles. The SMILES string of the molecule is CC(Sc1ncnc2sccc12)C(=O)NC(N)=O.